The fourth-order valence-electron chi connectivity index (χ4n) is 2.68. The molecule has 1 N–H and O–H groups in total. The molecule has 1 saturated heterocycles. The number of likely N-dealkylation sites (tertiary alicyclic amines) is 1. The number of fused-ring (bicyclic) bond motifs is 1. The molecule has 6 nitrogen and oxygen atoms in total. The molecule has 0 aromatic rings. The van der Waals surface area contributed by atoms with Crippen molar-refractivity contribution in [3.05, 3.63) is 0 Å². The van der Waals surface area contributed by atoms with Crippen molar-refractivity contribution in [2.75, 3.05) is 20.2 Å². The van der Waals surface area contributed by atoms with E-state index in [1.54, 1.807) is 20.9 Å². The van der Waals surface area contributed by atoms with Crippen LogP contribution in [0.2, 0.25) is 0 Å². The summed E-state index contributed by atoms with van der Waals surface area (Å²) in [5.41, 5.74) is -0.773. The first-order chi connectivity index (χ1) is 9.44. The molecule has 2 amide bonds. The molecule has 112 valence electrons. The first-order valence-electron chi connectivity index (χ1n) is 7.16. The number of rotatable bonds is 7. The van der Waals surface area contributed by atoms with E-state index in [1.807, 2.05) is 0 Å². The average Bonchev–Trinajstić information content (AvgIpc) is 3.18. The van der Waals surface area contributed by atoms with Crippen molar-refractivity contribution >= 4 is 17.8 Å². The van der Waals surface area contributed by atoms with Gasteiger partial charge in [0.1, 0.15) is 5.54 Å². The number of amides is 2. The second kappa shape index (κ2) is 5.52. The minimum Gasteiger partial charge on any atom is -0.465 e. The summed E-state index contributed by atoms with van der Waals surface area (Å²) in [5, 5.41) is 2.97. The fourth-order valence-corrected chi connectivity index (χ4v) is 2.68. The Balaban J connectivity index is 1.84. The standard InChI is InChI=1S/C14H22N2O4/c1-4-20-13(19)14(2,15-3)6-5-7-16-11(17)9-8-10(9)12(16)18/h9-10,15H,4-8H2,1-3H3. The van der Waals surface area contributed by atoms with Crippen molar-refractivity contribution in [1.29, 1.82) is 0 Å². The summed E-state index contributed by atoms with van der Waals surface area (Å²) in [5.74, 6) is -0.486. The Labute approximate surface area is 118 Å². The van der Waals surface area contributed by atoms with Gasteiger partial charge in [0.25, 0.3) is 0 Å². The quantitative estimate of drug-likeness (QED) is 0.537. The second-order valence-corrected chi connectivity index (χ2v) is 5.68. The van der Waals surface area contributed by atoms with Crippen LogP contribution in [-0.4, -0.2) is 48.4 Å². The lowest BCUT2D eigenvalue weighted by Gasteiger charge is -2.27. The summed E-state index contributed by atoms with van der Waals surface area (Å²) in [7, 11) is 1.71. The Hall–Kier alpha value is -1.43. The molecule has 0 aromatic carbocycles. The lowest BCUT2D eigenvalue weighted by atomic mass is 9.96. The molecule has 1 heterocycles. The predicted octanol–water partition coefficient (Wildman–Crippen LogP) is 0.313. The van der Waals surface area contributed by atoms with E-state index >= 15 is 0 Å². The molecular weight excluding hydrogens is 260 g/mol. The normalized spacial score (nSPS) is 27.2. The number of carbonyl (C=O) groups excluding carboxylic acids is 3. The van der Waals surface area contributed by atoms with E-state index in [-0.39, 0.29) is 29.6 Å². The average molecular weight is 282 g/mol. The van der Waals surface area contributed by atoms with E-state index in [1.165, 1.54) is 4.90 Å². The van der Waals surface area contributed by atoms with Crippen LogP contribution in [0.15, 0.2) is 0 Å². The van der Waals surface area contributed by atoms with Crippen LogP contribution in [-0.2, 0) is 19.1 Å². The molecule has 0 aromatic heterocycles. The highest BCUT2D eigenvalue weighted by atomic mass is 16.5. The Kier molecular flexibility index (Phi) is 4.13. The van der Waals surface area contributed by atoms with Crippen molar-refractivity contribution in [2.24, 2.45) is 11.8 Å². The van der Waals surface area contributed by atoms with Gasteiger partial charge in [-0.3, -0.25) is 19.3 Å². The van der Waals surface area contributed by atoms with Gasteiger partial charge in [0, 0.05) is 6.54 Å². The Morgan fingerprint density at radius 2 is 2.00 bits per heavy atom. The van der Waals surface area contributed by atoms with Gasteiger partial charge in [-0.05, 0) is 40.2 Å². The highest BCUT2D eigenvalue weighted by Crippen LogP contribution is 2.46. The maximum absolute atomic E-state index is 11.9. The van der Waals surface area contributed by atoms with Gasteiger partial charge in [0.2, 0.25) is 11.8 Å². The number of nitrogens with zero attached hydrogens (tertiary/aromatic N) is 1. The molecule has 2 fully saturated rings. The molecule has 2 rings (SSSR count). The number of ether oxygens (including phenoxy) is 1. The molecule has 6 heteroatoms. The van der Waals surface area contributed by atoms with Gasteiger partial charge in [-0.15, -0.1) is 0 Å². The molecule has 1 aliphatic carbocycles. The SMILES string of the molecule is CCOC(=O)C(C)(CCCN1C(=O)C2CC2C1=O)NC. The minimum atomic E-state index is -0.773. The van der Waals surface area contributed by atoms with E-state index < -0.39 is 5.54 Å². The third-order valence-electron chi connectivity index (χ3n) is 4.29. The third kappa shape index (κ3) is 2.57. The van der Waals surface area contributed by atoms with Gasteiger partial charge in [-0.1, -0.05) is 0 Å². The van der Waals surface area contributed by atoms with Crippen LogP contribution >= 0.6 is 0 Å². The van der Waals surface area contributed by atoms with Crippen LogP contribution in [0.25, 0.3) is 0 Å². The number of esters is 1. The molecule has 2 aliphatic rings. The molecule has 0 spiro atoms. The van der Waals surface area contributed by atoms with Crippen LogP contribution in [0, 0.1) is 11.8 Å². The first-order valence-corrected chi connectivity index (χ1v) is 7.16. The molecule has 0 radical (unpaired) electrons. The Bertz CT molecular complexity index is 417. The molecule has 20 heavy (non-hydrogen) atoms. The molecule has 3 unspecified atom stereocenters. The lowest BCUT2D eigenvalue weighted by molar-refractivity contribution is -0.150. The summed E-state index contributed by atoms with van der Waals surface area (Å²) >= 11 is 0. The van der Waals surface area contributed by atoms with Gasteiger partial charge in [-0.25, -0.2) is 0 Å². The first kappa shape index (κ1) is 15.0. The van der Waals surface area contributed by atoms with Crippen LogP contribution in [0.1, 0.15) is 33.1 Å². The minimum absolute atomic E-state index is 0.0395. The monoisotopic (exact) mass is 282 g/mol. The van der Waals surface area contributed by atoms with Crippen molar-refractivity contribution in [2.45, 2.75) is 38.6 Å². The van der Waals surface area contributed by atoms with E-state index in [0.29, 0.717) is 26.0 Å². The smallest absolute Gasteiger partial charge is 0.326 e. The van der Waals surface area contributed by atoms with E-state index in [0.717, 1.165) is 6.42 Å². The summed E-state index contributed by atoms with van der Waals surface area (Å²) in [6.07, 6.45) is 1.84. The summed E-state index contributed by atoms with van der Waals surface area (Å²) in [6, 6.07) is 0. The predicted molar refractivity (Wildman–Crippen MR) is 71.6 cm³/mol. The number of hydrogen-bond donors (Lipinski definition) is 1. The van der Waals surface area contributed by atoms with E-state index in [9.17, 15) is 14.4 Å². The number of nitrogens with one attached hydrogen (secondary N) is 1. The topological polar surface area (TPSA) is 75.7 Å². The summed E-state index contributed by atoms with van der Waals surface area (Å²) < 4.78 is 5.04. The van der Waals surface area contributed by atoms with Gasteiger partial charge in [0.15, 0.2) is 0 Å². The molecule has 3 atom stereocenters. The van der Waals surface area contributed by atoms with Gasteiger partial charge in [0.05, 0.1) is 18.4 Å². The molecule has 0 bridgehead atoms. The number of carbonyl (C=O) groups is 3. The van der Waals surface area contributed by atoms with Crippen LogP contribution in [0.5, 0.6) is 0 Å². The van der Waals surface area contributed by atoms with E-state index in [2.05, 4.69) is 5.32 Å². The van der Waals surface area contributed by atoms with Crippen LogP contribution in [0.4, 0.5) is 0 Å². The number of likely N-dealkylation sites (N-methyl/N-ethyl adjacent to an activating group) is 1. The highest BCUT2D eigenvalue weighted by Gasteiger charge is 2.58. The molecule has 1 saturated carbocycles. The zero-order chi connectivity index (χ0) is 14.9. The van der Waals surface area contributed by atoms with Gasteiger partial charge in [-0.2, -0.15) is 0 Å². The second-order valence-electron chi connectivity index (χ2n) is 5.68. The zero-order valence-electron chi connectivity index (χ0n) is 12.3. The molecule has 1 aliphatic heterocycles. The van der Waals surface area contributed by atoms with E-state index in [4.69, 9.17) is 4.74 Å². The maximum Gasteiger partial charge on any atom is 0.326 e. The van der Waals surface area contributed by atoms with Crippen molar-refractivity contribution in [3.8, 4) is 0 Å². The van der Waals surface area contributed by atoms with Crippen LogP contribution in [0.3, 0.4) is 0 Å². The lowest BCUT2D eigenvalue weighted by Crippen LogP contribution is -2.49. The summed E-state index contributed by atoms with van der Waals surface area (Å²) in [4.78, 5) is 36.9. The fraction of sp³-hybridized carbons (Fsp3) is 0.786. The highest BCUT2D eigenvalue weighted by molar-refractivity contribution is 6.08. The Morgan fingerprint density at radius 3 is 2.50 bits per heavy atom. The number of piperidine rings is 1. The van der Waals surface area contributed by atoms with Gasteiger partial charge >= 0.3 is 5.97 Å². The maximum atomic E-state index is 11.9. The van der Waals surface area contributed by atoms with Crippen LogP contribution < -0.4 is 5.32 Å². The largest absolute Gasteiger partial charge is 0.465 e. The summed E-state index contributed by atoms with van der Waals surface area (Å²) in [6.45, 7) is 4.27. The van der Waals surface area contributed by atoms with Crippen molar-refractivity contribution in [1.82, 2.24) is 10.2 Å². The van der Waals surface area contributed by atoms with Crippen molar-refractivity contribution < 1.29 is 19.1 Å². The van der Waals surface area contributed by atoms with Crippen molar-refractivity contribution in [3.63, 3.8) is 0 Å². The third-order valence-corrected chi connectivity index (χ3v) is 4.29. The zero-order valence-corrected chi connectivity index (χ0v) is 12.3. The number of imide groups is 1. The number of hydrogen-bond acceptors (Lipinski definition) is 5. The molecular formula is C14H22N2O4. The van der Waals surface area contributed by atoms with Gasteiger partial charge < -0.3 is 10.1 Å². The Morgan fingerprint density at radius 1 is 1.40 bits per heavy atom.